The van der Waals surface area contributed by atoms with Crippen LogP contribution in [0.2, 0.25) is 0 Å². The molecule has 0 radical (unpaired) electrons. The molecular formula is C13H11N3O2. The van der Waals surface area contributed by atoms with E-state index in [1.54, 1.807) is 24.7 Å². The van der Waals surface area contributed by atoms with Crippen molar-refractivity contribution < 1.29 is 4.92 Å². The summed E-state index contributed by atoms with van der Waals surface area (Å²) in [6.45, 7) is 1.86. The van der Waals surface area contributed by atoms with Crippen LogP contribution in [0.1, 0.15) is 11.1 Å². The predicted molar refractivity (Wildman–Crippen MR) is 69.3 cm³/mol. The molecule has 2 aromatic rings. The first-order chi connectivity index (χ1) is 8.66. The van der Waals surface area contributed by atoms with E-state index in [1.165, 1.54) is 12.1 Å². The monoisotopic (exact) mass is 241 g/mol. The fraction of sp³-hybridized carbons (Fsp3) is 0.0769. The summed E-state index contributed by atoms with van der Waals surface area (Å²) in [6.07, 6.45) is 4.99. The second-order valence-electron chi connectivity index (χ2n) is 3.77. The molecule has 1 heterocycles. The molecule has 0 bridgehead atoms. The Bertz CT molecular complexity index is 594. The first kappa shape index (κ1) is 11.9. The summed E-state index contributed by atoms with van der Waals surface area (Å²) in [5.41, 5.74) is 2.37. The average molecular weight is 241 g/mol. The van der Waals surface area contributed by atoms with E-state index in [0.29, 0.717) is 5.69 Å². The van der Waals surface area contributed by atoms with E-state index >= 15 is 0 Å². The molecule has 0 unspecified atom stereocenters. The van der Waals surface area contributed by atoms with Crippen molar-refractivity contribution in [1.82, 2.24) is 4.98 Å². The molecule has 0 aliphatic carbocycles. The standard InChI is InChI=1S/C13H11N3O2/c1-10-4-5-12(16(17)18)7-13(10)15-9-11-3-2-6-14-8-11/h2-9H,1H3. The van der Waals surface area contributed by atoms with Crippen LogP contribution in [0.3, 0.4) is 0 Å². The molecule has 0 aliphatic rings. The van der Waals surface area contributed by atoms with Gasteiger partial charge in [0.05, 0.1) is 10.6 Å². The van der Waals surface area contributed by atoms with Crippen molar-refractivity contribution >= 4 is 17.6 Å². The van der Waals surface area contributed by atoms with Gasteiger partial charge in [0.1, 0.15) is 0 Å². The molecule has 0 saturated heterocycles. The Balaban J connectivity index is 2.31. The van der Waals surface area contributed by atoms with Crippen molar-refractivity contribution in [2.75, 3.05) is 0 Å². The summed E-state index contributed by atoms with van der Waals surface area (Å²) >= 11 is 0. The van der Waals surface area contributed by atoms with Gasteiger partial charge in [-0.25, -0.2) is 0 Å². The minimum Gasteiger partial charge on any atom is -0.264 e. The van der Waals surface area contributed by atoms with Crippen molar-refractivity contribution in [2.45, 2.75) is 6.92 Å². The van der Waals surface area contributed by atoms with Crippen molar-refractivity contribution in [2.24, 2.45) is 4.99 Å². The lowest BCUT2D eigenvalue weighted by Crippen LogP contribution is -1.88. The molecule has 0 N–H and O–H groups in total. The van der Waals surface area contributed by atoms with Gasteiger partial charge in [-0.2, -0.15) is 0 Å². The summed E-state index contributed by atoms with van der Waals surface area (Å²) in [5, 5.41) is 10.7. The Morgan fingerprint density at radius 1 is 1.39 bits per heavy atom. The summed E-state index contributed by atoms with van der Waals surface area (Å²) < 4.78 is 0. The molecule has 1 aromatic heterocycles. The number of aryl methyl sites for hydroxylation is 1. The number of nitro benzene ring substituents is 1. The maximum Gasteiger partial charge on any atom is 0.271 e. The normalized spacial score (nSPS) is 10.7. The van der Waals surface area contributed by atoms with E-state index in [4.69, 9.17) is 0 Å². The van der Waals surface area contributed by atoms with Gasteiger partial charge in [0.2, 0.25) is 0 Å². The van der Waals surface area contributed by atoms with Gasteiger partial charge >= 0.3 is 0 Å². The van der Waals surface area contributed by atoms with E-state index in [9.17, 15) is 10.1 Å². The highest BCUT2D eigenvalue weighted by Crippen LogP contribution is 2.24. The van der Waals surface area contributed by atoms with Gasteiger partial charge in [-0.3, -0.25) is 20.1 Å². The molecule has 2 rings (SSSR count). The Labute approximate surface area is 104 Å². The molecule has 0 saturated carbocycles. The number of hydrogen-bond donors (Lipinski definition) is 0. The van der Waals surface area contributed by atoms with E-state index in [-0.39, 0.29) is 5.69 Å². The molecule has 0 amide bonds. The van der Waals surface area contributed by atoms with Gasteiger partial charge in [-0.1, -0.05) is 12.1 Å². The number of aliphatic imine (C=N–C) groups is 1. The van der Waals surface area contributed by atoms with Gasteiger partial charge in [-0.05, 0) is 18.6 Å². The zero-order valence-corrected chi connectivity index (χ0v) is 9.78. The van der Waals surface area contributed by atoms with Crippen LogP contribution in [0.4, 0.5) is 11.4 Å². The number of hydrogen-bond acceptors (Lipinski definition) is 4. The molecule has 1 aromatic carbocycles. The number of non-ortho nitro benzene ring substituents is 1. The third kappa shape index (κ3) is 2.76. The van der Waals surface area contributed by atoms with Crippen LogP contribution in [-0.4, -0.2) is 16.1 Å². The Hall–Kier alpha value is -2.56. The van der Waals surface area contributed by atoms with E-state index in [2.05, 4.69) is 9.98 Å². The zero-order chi connectivity index (χ0) is 13.0. The van der Waals surface area contributed by atoms with Crippen LogP contribution >= 0.6 is 0 Å². The topological polar surface area (TPSA) is 68.4 Å². The van der Waals surface area contributed by atoms with Crippen molar-refractivity contribution in [3.63, 3.8) is 0 Å². The lowest BCUT2D eigenvalue weighted by Gasteiger charge is -1.99. The lowest BCUT2D eigenvalue weighted by atomic mass is 10.2. The van der Waals surface area contributed by atoms with Crippen molar-refractivity contribution in [1.29, 1.82) is 0 Å². The number of aromatic nitrogens is 1. The largest absolute Gasteiger partial charge is 0.271 e. The lowest BCUT2D eigenvalue weighted by molar-refractivity contribution is -0.384. The second kappa shape index (κ2) is 5.18. The number of pyridine rings is 1. The van der Waals surface area contributed by atoms with Gasteiger partial charge in [0.25, 0.3) is 5.69 Å². The van der Waals surface area contributed by atoms with Crippen molar-refractivity contribution in [3.05, 3.63) is 64.0 Å². The molecule has 5 heteroatoms. The minimum absolute atomic E-state index is 0.0407. The third-order valence-corrected chi connectivity index (χ3v) is 2.44. The van der Waals surface area contributed by atoms with Gasteiger partial charge < -0.3 is 0 Å². The molecule has 18 heavy (non-hydrogen) atoms. The minimum atomic E-state index is -0.428. The Morgan fingerprint density at radius 2 is 2.22 bits per heavy atom. The summed E-state index contributed by atoms with van der Waals surface area (Å²) in [7, 11) is 0. The van der Waals surface area contributed by atoms with Crippen molar-refractivity contribution in [3.8, 4) is 0 Å². The summed E-state index contributed by atoms with van der Waals surface area (Å²) in [6, 6.07) is 8.29. The summed E-state index contributed by atoms with van der Waals surface area (Å²) in [5.74, 6) is 0. The van der Waals surface area contributed by atoms with Gasteiger partial charge in [0.15, 0.2) is 0 Å². The molecule has 5 nitrogen and oxygen atoms in total. The van der Waals surface area contributed by atoms with Crippen LogP contribution in [0.5, 0.6) is 0 Å². The number of nitrogens with zero attached hydrogens (tertiary/aromatic N) is 3. The van der Waals surface area contributed by atoms with Crippen LogP contribution in [-0.2, 0) is 0 Å². The van der Waals surface area contributed by atoms with E-state index < -0.39 is 4.92 Å². The molecule has 90 valence electrons. The smallest absolute Gasteiger partial charge is 0.264 e. The van der Waals surface area contributed by atoms with Gasteiger partial charge in [0, 0.05) is 36.3 Å². The molecule has 0 spiro atoms. The molecule has 0 fully saturated rings. The zero-order valence-electron chi connectivity index (χ0n) is 9.78. The molecule has 0 atom stereocenters. The van der Waals surface area contributed by atoms with E-state index in [1.807, 2.05) is 19.1 Å². The average Bonchev–Trinajstić information content (AvgIpc) is 2.38. The summed E-state index contributed by atoms with van der Waals surface area (Å²) in [4.78, 5) is 18.5. The fourth-order valence-corrected chi connectivity index (χ4v) is 1.45. The highest BCUT2D eigenvalue weighted by Gasteiger charge is 2.07. The molecule has 0 aliphatic heterocycles. The van der Waals surface area contributed by atoms with Gasteiger partial charge in [-0.15, -0.1) is 0 Å². The quantitative estimate of drug-likeness (QED) is 0.471. The Morgan fingerprint density at radius 3 is 2.89 bits per heavy atom. The fourth-order valence-electron chi connectivity index (χ4n) is 1.45. The maximum absolute atomic E-state index is 10.7. The highest BCUT2D eigenvalue weighted by atomic mass is 16.6. The van der Waals surface area contributed by atoms with Crippen LogP contribution in [0.15, 0.2) is 47.7 Å². The molecular weight excluding hydrogens is 230 g/mol. The third-order valence-electron chi connectivity index (χ3n) is 2.44. The number of benzene rings is 1. The predicted octanol–water partition coefficient (Wildman–Crippen LogP) is 3.05. The first-order valence-electron chi connectivity index (χ1n) is 5.36. The van der Waals surface area contributed by atoms with Crippen LogP contribution in [0, 0.1) is 17.0 Å². The highest BCUT2D eigenvalue weighted by molar-refractivity contribution is 5.82. The van der Waals surface area contributed by atoms with Crippen LogP contribution in [0.25, 0.3) is 0 Å². The Kier molecular flexibility index (Phi) is 3.43. The maximum atomic E-state index is 10.7. The van der Waals surface area contributed by atoms with E-state index in [0.717, 1.165) is 11.1 Å². The first-order valence-corrected chi connectivity index (χ1v) is 5.36. The van der Waals surface area contributed by atoms with Crippen LogP contribution < -0.4 is 0 Å². The second-order valence-corrected chi connectivity index (χ2v) is 3.77. The SMILES string of the molecule is Cc1ccc([N+](=O)[O-])cc1N=Cc1cccnc1. The number of nitro groups is 1. The number of rotatable bonds is 3.